The summed E-state index contributed by atoms with van der Waals surface area (Å²) < 4.78 is 0. The zero-order chi connectivity index (χ0) is 11.3. The summed E-state index contributed by atoms with van der Waals surface area (Å²) in [4.78, 5) is 2.54. The van der Waals surface area contributed by atoms with Crippen molar-refractivity contribution in [2.45, 2.75) is 51.1 Å². The first kappa shape index (κ1) is 12.5. The first-order chi connectivity index (χ1) is 7.15. The molecule has 3 heteroatoms. The number of hydrogen-bond donors (Lipinski definition) is 1. The van der Waals surface area contributed by atoms with Crippen molar-refractivity contribution in [2.24, 2.45) is 0 Å². The zero-order valence-electron chi connectivity index (χ0n) is 10.2. The third kappa shape index (κ3) is 3.81. The Hall–Kier alpha value is -0.590. The van der Waals surface area contributed by atoms with Crippen LogP contribution in [0, 0.1) is 11.3 Å². The topological polar surface area (TPSA) is 39.1 Å². The molecule has 1 unspecified atom stereocenters. The van der Waals surface area contributed by atoms with Crippen LogP contribution in [0.25, 0.3) is 0 Å². The lowest BCUT2D eigenvalue weighted by atomic mass is 9.98. The molecule has 3 nitrogen and oxygen atoms in total. The standard InChI is InChI=1S/C12H23N3/c1-4-15(11-6-7-11)9-5-8-12(2,10-13)14-3/h11,14H,4-9H2,1-3H3. The van der Waals surface area contributed by atoms with Gasteiger partial charge >= 0.3 is 0 Å². The van der Waals surface area contributed by atoms with Gasteiger partial charge in [-0.1, -0.05) is 6.92 Å². The Morgan fingerprint density at radius 3 is 2.60 bits per heavy atom. The fraction of sp³-hybridized carbons (Fsp3) is 0.917. The van der Waals surface area contributed by atoms with E-state index in [1.807, 2.05) is 14.0 Å². The molecule has 1 N–H and O–H groups in total. The van der Waals surface area contributed by atoms with Crippen molar-refractivity contribution >= 4 is 0 Å². The van der Waals surface area contributed by atoms with Gasteiger partial charge in [-0.15, -0.1) is 0 Å². The van der Waals surface area contributed by atoms with E-state index in [0.717, 1.165) is 32.0 Å². The van der Waals surface area contributed by atoms with E-state index < -0.39 is 0 Å². The molecule has 0 spiro atoms. The van der Waals surface area contributed by atoms with Gasteiger partial charge in [0.2, 0.25) is 0 Å². The largest absolute Gasteiger partial charge is 0.303 e. The second-order valence-electron chi connectivity index (χ2n) is 4.66. The maximum absolute atomic E-state index is 9.00. The van der Waals surface area contributed by atoms with Gasteiger partial charge in [0.05, 0.1) is 6.07 Å². The number of nitriles is 1. The van der Waals surface area contributed by atoms with Crippen LogP contribution in [-0.2, 0) is 0 Å². The SMILES string of the molecule is CCN(CCCC(C)(C#N)NC)C1CC1. The fourth-order valence-corrected chi connectivity index (χ4v) is 1.91. The van der Waals surface area contributed by atoms with Crippen LogP contribution in [0.1, 0.15) is 39.5 Å². The molecule has 1 saturated carbocycles. The van der Waals surface area contributed by atoms with Crippen LogP contribution in [0.5, 0.6) is 0 Å². The van der Waals surface area contributed by atoms with Crippen molar-refractivity contribution in [3.8, 4) is 6.07 Å². The van der Waals surface area contributed by atoms with Gasteiger partial charge in [-0.25, -0.2) is 0 Å². The van der Waals surface area contributed by atoms with E-state index in [-0.39, 0.29) is 5.54 Å². The molecule has 0 radical (unpaired) electrons. The van der Waals surface area contributed by atoms with E-state index >= 15 is 0 Å². The molecule has 0 aromatic heterocycles. The summed E-state index contributed by atoms with van der Waals surface area (Å²) in [6.07, 6.45) is 4.78. The van der Waals surface area contributed by atoms with E-state index in [2.05, 4.69) is 23.2 Å². The first-order valence-corrected chi connectivity index (χ1v) is 5.99. The Morgan fingerprint density at radius 1 is 1.53 bits per heavy atom. The van der Waals surface area contributed by atoms with Crippen LogP contribution < -0.4 is 5.32 Å². The molecule has 1 aliphatic rings. The van der Waals surface area contributed by atoms with Crippen LogP contribution >= 0.6 is 0 Å². The summed E-state index contributed by atoms with van der Waals surface area (Å²) in [7, 11) is 1.86. The van der Waals surface area contributed by atoms with Gasteiger partial charge in [-0.3, -0.25) is 0 Å². The third-order valence-electron chi connectivity index (χ3n) is 3.39. The predicted octanol–water partition coefficient (Wildman–Crippen LogP) is 1.75. The maximum atomic E-state index is 9.00. The van der Waals surface area contributed by atoms with Gasteiger partial charge in [-0.05, 0) is 52.7 Å². The molecule has 0 heterocycles. The second kappa shape index (κ2) is 5.48. The Kier molecular flexibility index (Phi) is 4.56. The van der Waals surface area contributed by atoms with Gasteiger partial charge < -0.3 is 10.2 Å². The lowest BCUT2D eigenvalue weighted by Gasteiger charge is -2.24. The molecule has 15 heavy (non-hydrogen) atoms. The maximum Gasteiger partial charge on any atom is 0.103 e. The highest BCUT2D eigenvalue weighted by Gasteiger charge is 2.28. The van der Waals surface area contributed by atoms with E-state index in [0.29, 0.717) is 0 Å². The van der Waals surface area contributed by atoms with Crippen molar-refractivity contribution in [1.29, 1.82) is 5.26 Å². The highest BCUT2D eigenvalue weighted by atomic mass is 15.2. The lowest BCUT2D eigenvalue weighted by Crippen LogP contribution is -2.39. The Bertz CT molecular complexity index is 230. The van der Waals surface area contributed by atoms with Crippen molar-refractivity contribution in [2.75, 3.05) is 20.1 Å². The van der Waals surface area contributed by atoms with Gasteiger partial charge in [0.15, 0.2) is 0 Å². The normalized spacial score (nSPS) is 19.9. The lowest BCUT2D eigenvalue weighted by molar-refractivity contribution is 0.261. The summed E-state index contributed by atoms with van der Waals surface area (Å²) in [6, 6.07) is 3.18. The number of nitrogens with one attached hydrogen (secondary N) is 1. The molecule has 1 atom stereocenters. The summed E-state index contributed by atoms with van der Waals surface area (Å²) in [6.45, 7) is 6.48. The summed E-state index contributed by atoms with van der Waals surface area (Å²) >= 11 is 0. The summed E-state index contributed by atoms with van der Waals surface area (Å²) in [5.74, 6) is 0. The highest BCUT2D eigenvalue weighted by Crippen LogP contribution is 2.27. The molecular formula is C12H23N3. The second-order valence-corrected chi connectivity index (χ2v) is 4.66. The van der Waals surface area contributed by atoms with Crippen LogP contribution in [-0.4, -0.2) is 36.6 Å². The van der Waals surface area contributed by atoms with E-state index in [9.17, 15) is 0 Å². The molecule has 0 aromatic rings. The average molecular weight is 209 g/mol. The average Bonchev–Trinajstić information content (AvgIpc) is 3.08. The Labute approximate surface area is 93.5 Å². The van der Waals surface area contributed by atoms with E-state index in [1.165, 1.54) is 12.8 Å². The molecule has 1 aliphatic carbocycles. The van der Waals surface area contributed by atoms with E-state index in [4.69, 9.17) is 5.26 Å². The van der Waals surface area contributed by atoms with Crippen molar-refractivity contribution in [3.05, 3.63) is 0 Å². The van der Waals surface area contributed by atoms with Crippen molar-refractivity contribution in [3.63, 3.8) is 0 Å². The molecule has 86 valence electrons. The summed E-state index contributed by atoms with van der Waals surface area (Å²) in [5.41, 5.74) is -0.344. The number of nitrogens with zero attached hydrogens (tertiary/aromatic N) is 2. The van der Waals surface area contributed by atoms with Crippen LogP contribution in [0.3, 0.4) is 0 Å². The monoisotopic (exact) mass is 209 g/mol. The highest BCUT2D eigenvalue weighted by molar-refractivity contribution is 5.02. The third-order valence-corrected chi connectivity index (χ3v) is 3.39. The smallest absolute Gasteiger partial charge is 0.103 e. The predicted molar refractivity (Wildman–Crippen MR) is 62.6 cm³/mol. The minimum atomic E-state index is -0.344. The quantitative estimate of drug-likeness (QED) is 0.694. The molecule has 0 bridgehead atoms. The molecule has 1 rings (SSSR count). The Balaban J connectivity index is 2.22. The molecule has 0 amide bonds. The van der Waals surface area contributed by atoms with E-state index in [1.54, 1.807) is 0 Å². The van der Waals surface area contributed by atoms with Gasteiger partial charge in [0, 0.05) is 6.04 Å². The number of hydrogen-bond acceptors (Lipinski definition) is 3. The minimum absolute atomic E-state index is 0.344. The molecule has 0 aromatic carbocycles. The van der Waals surface area contributed by atoms with Crippen LogP contribution in [0.2, 0.25) is 0 Å². The Morgan fingerprint density at radius 2 is 2.20 bits per heavy atom. The minimum Gasteiger partial charge on any atom is -0.303 e. The van der Waals surface area contributed by atoms with Gasteiger partial charge in [-0.2, -0.15) is 5.26 Å². The first-order valence-electron chi connectivity index (χ1n) is 5.99. The van der Waals surface area contributed by atoms with Gasteiger partial charge in [0.25, 0.3) is 0 Å². The van der Waals surface area contributed by atoms with Crippen LogP contribution in [0.4, 0.5) is 0 Å². The van der Waals surface area contributed by atoms with Crippen molar-refractivity contribution in [1.82, 2.24) is 10.2 Å². The summed E-state index contributed by atoms with van der Waals surface area (Å²) in [5, 5.41) is 12.1. The van der Waals surface area contributed by atoms with Crippen LogP contribution in [0.15, 0.2) is 0 Å². The fourth-order valence-electron chi connectivity index (χ4n) is 1.91. The molecular weight excluding hydrogens is 186 g/mol. The van der Waals surface area contributed by atoms with Crippen molar-refractivity contribution < 1.29 is 0 Å². The van der Waals surface area contributed by atoms with Gasteiger partial charge in [0.1, 0.15) is 5.54 Å². The molecule has 0 aliphatic heterocycles. The molecule has 1 fully saturated rings. The number of rotatable bonds is 7. The zero-order valence-corrected chi connectivity index (χ0v) is 10.2. The molecule has 0 saturated heterocycles.